The van der Waals surface area contributed by atoms with Crippen LogP contribution in [0.25, 0.3) is 10.9 Å². The first-order valence-electron chi connectivity index (χ1n) is 11.4. The Balaban J connectivity index is 1.41. The second-order valence-corrected chi connectivity index (χ2v) is 8.55. The van der Waals surface area contributed by atoms with Crippen LogP contribution in [0.5, 0.6) is 5.75 Å². The van der Waals surface area contributed by atoms with Crippen molar-refractivity contribution in [3.05, 3.63) is 71.4 Å². The average Bonchev–Trinajstić information content (AvgIpc) is 3.07. The van der Waals surface area contributed by atoms with E-state index in [9.17, 15) is 9.59 Å². The van der Waals surface area contributed by atoms with Gasteiger partial charge >= 0.3 is 0 Å². The standard InChI is InChI=1S/C26H29N3O4/c1-17-15-19(21-7-5-6-10-23(21)27-17)16-33-20-13-11-18(12-14-20)25(30)28-24-9-4-2-3-8-22(24)26(31)29-32/h5-7,10-15,22,24,32H,2-4,8-9,16H2,1H3,(H,28,30)(H,29,31)/t22-,24+/m1/s1. The molecule has 1 aliphatic rings. The predicted molar refractivity (Wildman–Crippen MR) is 125 cm³/mol. The van der Waals surface area contributed by atoms with Crippen LogP contribution in [0.15, 0.2) is 54.6 Å². The number of pyridine rings is 1. The monoisotopic (exact) mass is 447 g/mol. The van der Waals surface area contributed by atoms with E-state index in [4.69, 9.17) is 9.94 Å². The topological polar surface area (TPSA) is 101 Å². The van der Waals surface area contributed by atoms with Gasteiger partial charge in [-0.2, -0.15) is 0 Å². The number of aromatic nitrogens is 1. The minimum Gasteiger partial charge on any atom is -0.489 e. The molecule has 3 aromatic rings. The van der Waals surface area contributed by atoms with Gasteiger partial charge in [-0.3, -0.25) is 19.8 Å². The zero-order valence-corrected chi connectivity index (χ0v) is 18.7. The van der Waals surface area contributed by atoms with Gasteiger partial charge in [-0.1, -0.05) is 37.5 Å². The summed E-state index contributed by atoms with van der Waals surface area (Å²) in [6, 6.07) is 16.7. The highest BCUT2D eigenvalue weighted by atomic mass is 16.5. The van der Waals surface area contributed by atoms with Crippen molar-refractivity contribution in [2.24, 2.45) is 5.92 Å². The van der Waals surface area contributed by atoms with Crippen molar-refractivity contribution in [2.75, 3.05) is 0 Å². The van der Waals surface area contributed by atoms with Crippen molar-refractivity contribution in [3.63, 3.8) is 0 Å². The van der Waals surface area contributed by atoms with Crippen molar-refractivity contribution in [2.45, 2.75) is 51.7 Å². The molecule has 1 aliphatic carbocycles. The molecule has 1 aromatic heterocycles. The number of nitrogens with one attached hydrogen (secondary N) is 2. The van der Waals surface area contributed by atoms with E-state index in [0.717, 1.165) is 41.4 Å². The molecule has 7 nitrogen and oxygen atoms in total. The number of hydroxylamine groups is 1. The van der Waals surface area contributed by atoms with Gasteiger partial charge in [-0.25, -0.2) is 5.48 Å². The van der Waals surface area contributed by atoms with E-state index in [1.54, 1.807) is 29.7 Å². The quantitative estimate of drug-likeness (QED) is 0.297. The van der Waals surface area contributed by atoms with E-state index in [0.29, 0.717) is 30.8 Å². The number of rotatable bonds is 6. The summed E-state index contributed by atoms with van der Waals surface area (Å²) < 4.78 is 5.98. The van der Waals surface area contributed by atoms with Gasteiger partial charge in [0.05, 0.1) is 11.4 Å². The molecule has 1 fully saturated rings. The molecule has 0 spiro atoms. The summed E-state index contributed by atoms with van der Waals surface area (Å²) >= 11 is 0. The molecule has 0 saturated heterocycles. The number of aryl methyl sites for hydroxylation is 1. The van der Waals surface area contributed by atoms with Crippen LogP contribution < -0.4 is 15.5 Å². The molecule has 1 heterocycles. The maximum atomic E-state index is 12.8. The van der Waals surface area contributed by atoms with Gasteiger partial charge < -0.3 is 10.1 Å². The zero-order valence-electron chi connectivity index (χ0n) is 18.7. The Bertz CT molecular complexity index is 1130. The predicted octanol–water partition coefficient (Wildman–Crippen LogP) is 4.31. The third-order valence-electron chi connectivity index (χ3n) is 6.22. The van der Waals surface area contributed by atoms with Crippen LogP contribution in [0.2, 0.25) is 0 Å². The Morgan fingerprint density at radius 2 is 1.82 bits per heavy atom. The van der Waals surface area contributed by atoms with Gasteiger partial charge in [-0.15, -0.1) is 0 Å². The maximum absolute atomic E-state index is 12.8. The Labute approximate surface area is 193 Å². The average molecular weight is 448 g/mol. The molecule has 0 bridgehead atoms. The van der Waals surface area contributed by atoms with Crippen molar-refractivity contribution in [1.29, 1.82) is 0 Å². The number of ether oxygens (including phenoxy) is 1. The highest BCUT2D eigenvalue weighted by Crippen LogP contribution is 2.25. The number of hydrogen-bond acceptors (Lipinski definition) is 5. The third kappa shape index (κ3) is 5.49. The molecule has 2 aromatic carbocycles. The molecule has 0 aliphatic heterocycles. The molecule has 2 amide bonds. The van der Waals surface area contributed by atoms with E-state index < -0.39 is 11.8 Å². The molecular weight excluding hydrogens is 418 g/mol. The van der Waals surface area contributed by atoms with E-state index in [1.807, 2.05) is 37.3 Å². The molecule has 1 saturated carbocycles. The van der Waals surface area contributed by atoms with Crippen LogP contribution >= 0.6 is 0 Å². The smallest absolute Gasteiger partial charge is 0.251 e. The van der Waals surface area contributed by atoms with Gasteiger partial charge in [0.25, 0.3) is 5.91 Å². The lowest BCUT2D eigenvalue weighted by Gasteiger charge is -2.24. The molecule has 0 unspecified atom stereocenters. The minimum atomic E-state index is -0.440. The fraction of sp³-hybridized carbons (Fsp3) is 0.346. The Hall–Kier alpha value is -3.45. The number of carbonyl (C=O) groups is 2. The highest BCUT2D eigenvalue weighted by Gasteiger charge is 2.30. The summed E-state index contributed by atoms with van der Waals surface area (Å²) in [5.41, 5.74) is 5.18. The van der Waals surface area contributed by atoms with Gasteiger partial charge in [0, 0.05) is 28.2 Å². The lowest BCUT2D eigenvalue weighted by atomic mass is 9.93. The summed E-state index contributed by atoms with van der Waals surface area (Å²) in [5.74, 6) is -0.440. The number of hydrogen-bond donors (Lipinski definition) is 3. The first-order valence-corrected chi connectivity index (χ1v) is 11.4. The zero-order chi connectivity index (χ0) is 23.2. The maximum Gasteiger partial charge on any atom is 0.251 e. The second kappa shape index (κ2) is 10.4. The summed E-state index contributed by atoms with van der Waals surface area (Å²) in [6.45, 7) is 2.36. The van der Waals surface area contributed by atoms with Crippen LogP contribution in [0.3, 0.4) is 0 Å². The van der Waals surface area contributed by atoms with E-state index in [1.165, 1.54) is 0 Å². The summed E-state index contributed by atoms with van der Waals surface area (Å²) in [6.07, 6.45) is 4.22. The molecule has 3 N–H and O–H groups in total. The molecule has 2 atom stereocenters. The number of benzene rings is 2. The van der Waals surface area contributed by atoms with Gasteiger partial charge in [-0.05, 0) is 56.2 Å². The molecule has 4 rings (SSSR count). The Morgan fingerprint density at radius 1 is 1.06 bits per heavy atom. The van der Waals surface area contributed by atoms with Crippen molar-refractivity contribution in [1.82, 2.24) is 15.8 Å². The van der Waals surface area contributed by atoms with Gasteiger partial charge in [0.2, 0.25) is 5.91 Å². The van der Waals surface area contributed by atoms with Crippen molar-refractivity contribution < 1.29 is 19.5 Å². The van der Waals surface area contributed by atoms with Crippen LogP contribution in [0.1, 0.15) is 53.7 Å². The van der Waals surface area contributed by atoms with E-state index in [2.05, 4.69) is 10.3 Å². The number of amides is 2. The van der Waals surface area contributed by atoms with E-state index >= 15 is 0 Å². The van der Waals surface area contributed by atoms with Gasteiger partial charge in [0.15, 0.2) is 0 Å². The number of para-hydroxylation sites is 1. The minimum absolute atomic E-state index is 0.236. The lowest BCUT2D eigenvalue weighted by Crippen LogP contribution is -2.45. The fourth-order valence-electron chi connectivity index (χ4n) is 4.51. The molecule has 172 valence electrons. The molecule has 33 heavy (non-hydrogen) atoms. The number of fused-ring (bicyclic) bond motifs is 1. The number of nitrogens with zero attached hydrogens (tertiary/aromatic N) is 1. The van der Waals surface area contributed by atoms with Crippen LogP contribution in [0.4, 0.5) is 0 Å². The Morgan fingerprint density at radius 3 is 2.61 bits per heavy atom. The largest absolute Gasteiger partial charge is 0.489 e. The molecule has 0 radical (unpaired) electrons. The van der Waals surface area contributed by atoms with Crippen LogP contribution in [-0.2, 0) is 11.4 Å². The Kier molecular flexibility index (Phi) is 7.19. The summed E-state index contributed by atoms with van der Waals surface area (Å²) in [5, 5.41) is 13.1. The van der Waals surface area contributed by atoms with Crippen molar-refractivity contribution >= 4 is 22.7 Å². The fourth-order valence-corrected chi connectivity index (χ4v) is 4.51. The first kappa shape index (κ1) is 22.7. The number of carbonyl (C=O) groups excluding carboxylic acids is 2. The normalized spacial score (nSPS) is 18.4. The first-order chi connectivity index (χ1) is 16.0. The van der Waals surface area contributed by atoms with Gasteiger partial charge in [0.1, 0.15) is 12.4 Å². The highest BCUT2D eigenvalue weighted by molar-refractivity contribution is 5.95. The molecular formula is C26H29N3O4. The van der Waals surface area contributed by atoms with E-state index in [-0.39, 0.29) is 11.9 Å². The van der Waals surface area contributed by atoms with Crippen LogP contribution in [-0.4, -0.2) is 28.0 Å². The SMILES string of the molecule is Cc1cc(COc2ccc(C(=O)N[C@H]3CCCCC[C@H]3C(=O)NO)cc2)c2ccccc2n1. The van der Waals surface area contributed by atoms with Crippen LogP contribution in [0, 0.1) is 12.8 Å². The third-order valence-corrected chi connectivity index (χ3v) is 6.22. The summed E-state index contributed by atoms with van der Waals surface area (Å²) in [7, 11) is 0. The van der Waals surface area contributed by atoms with Crippen molar-refractivity contribution in [3.8, 4) is 5.75 Å². The second-order valence-electron chi connectivity index (χ2n) is 8.55. The lowest BCUT2D eigenvalue weighted by molar-refractivity contribution is -0.134. The molecule has 7 heteroatoms. The summed E-state index contributed by atoms with van der Waals surface area (Å²) in [4.78, 5) is 29.4.